The van der Waals surface area contributed by atoms with Crippen molar-refractivity contribution < 1.29 is 17.9 Å². The van der Waals surface area contributed by atoms with Crippen LogP contribution in [-0.4, -0.2) is 46.0 Å². The number of carbonyl (C=O) groups excluding carboxylic acids is 1. The molecule has 2 aromatic rings. The number of hydrogen-bond acceptors (Lipinski definition) is 4. The van der Waals surface area contributed by atoms with E-state index in [0.717, 1.165) is 11.3 Å². The van der Waals surface area contributed by atoms with Crippen molar-refractivity contribution in [3.8, 4) is 5.75 Å². The fourth-order valence-electron chi connectivity index (χ4n) is 2.32. The van der Waals surface area contributed by atoms with E-state index in [4.69, 9.17) is 16.3 Å². The molecule has 1 amide bonds. The van der Waals surface area contributed by atoms with Crippen LogP contribution in [0.15, 0.2) is 53.4 Å². The van der Waals surface area contributed by atoms with Gasteiger partial charge < -0.3 is 9.64 Å². The average molecular weight is 411 g/mol. The van der Waals surface area contributed by atoms with Crippen molar-refractivity contribution in [1.82, 2.24) is 9.62 Å². The van der Waals surface area contributed by atoms with Crippen LogP contribution in [0.25, 0.3) is 0 Å². The Bertz CT molecular complexity index is 870. The standard InChI is InChI=1S/C19H23ClN2O4S/c1-15-5-3-4-6-18(15)26-14-13-22(2)19(23)11-12-21-27(24,25)17-9-7-16(20)8-10-17/h3-10,21H,11-14H2,1-2H3. The molecule has 0 atom stereocenters. The molecule has 0 aliphatic carbocycles. The van der Waals surface area contributed by atoms with Crippen LogP contribution >= 0.6 is 11.6 Å². The smallest absolute Gasteiger partial charge is 0.240 e. The number of nitrogens with zero attached hydrogens (tertiary/aromatic N) is 1. The molecule has 8 heteroatoms. The summed E-state index contributed by atoms with van der Waals surface area (Å²) in [5.74, 6) is 0.622. The van der Waals surface area contributed by atoms with Gasteiger partial charge >= 0.3 is 0 Å². The van der Waals surface area contributed by atoms with Crippen LogP contribution in [0.3, 0.4) is 0 Å². The first-order chi connectivity index (χ1) is 12.8. The number of ether oxygens (including phenoxy) is 1. The lowest BCUT2D eigenvalue weighted by molar-refractivity contribution is -0.130. The van der Waals surface area contributed by atoms with Gasteiger partial charge in [0.2, 0.25) is 15.9 Å². The fraction of sp³-hybridized carbons (Fsp3) is 0.316. The molecule has 2 rings (SSSR count). The number of nitrogens with one attached hydrogen (secondary N) is 1. The first-order valence-corrected chi connectivity index (χ1v) is 10.3. The maximum Gasteiger partial charge on any atom is 0.240 e. The van der Waals surface area contributed by atoms with Crippen molar-refractivity contribution in [2.45, 2.75) is 18.2 Å². The first kappa shape index (κ1) is 21.2. The minimum absolute atomic E-state index is 0.0206. The number of carbonyl (C=O) groups is 1. The predicted molar refractivity (Wildman–Crippen MR) is 106 cm³/mol. The summed E-state index contributed by atoms with van der Waals surface area (Å²) in [6.07, 6.45) is 0.0632. The van der Waals surface area contributed by atoms with Gasteiger partial charge in [0.25, 0.3) is 0 Å². The van der Waals surface area contributed by atoms with Crippen LogP contribution < -0.4 is 9.46 Å². The molecule has 0 aromatic heterocycles. The van der Waals surface area contributed by atoms with Crippen LogP contribution in [0.1, 0.15) is 12.0 Å². The van der Waals surface area contributed by atoms with Gasteiger partial charge in [0.15, 0.2) is 0 Å². The molecule has 0 fully saturated rings. The number of benzene rings is 2. The van der Waals surface area contributed by atoms with Crippen LogP contribution in [0, 0.1) is 6.92 Å². The van der Waals surface area contributed by atoms with Crippen molar-refractivity contribution in [2.24, 2.45) is 0 Å². The summed E-state index contributed by atoms with van der Waals surface area (Å²) in [6.45, 7) is 2.75. The molecule has 146 valence electrons. The quantitative estimate of drug-likeness (QED) is 0.689. The van der Waals surface area contributed by atoms with E-state index in [1.54, 1.807) is 7.05 Å². The average Bonchev–Trinajstić information content (AvgIpc) is 2.63. The van der Waals surface area contributed by atoms with E-state index in [2.05, 4.69) is 4.72 Å². The van der Waals surface area contributed by atoms with Gasteiger partial charge in [0, 0.05) is 25.0 Å². The van der Waals surface area contributed by atoms with Crippen LogP contribution in [0.5, 0.6) is 5.75 Å². The van der Waals surface area contributed by atoms with Gasteiger partial charge in [-0.25, -0.2) is 13.1 Å². The SMILES string of the molecule is Cc1ccccc1OCCN(C)C(=O)CCNS(=O)(=O)c1ccc(Cl)cc1. The maximum atomic E-state index is 12.2. The number of sulfonamides is 1. The summed E-state index contributed by atoms with van der Waals surface area (Å²) in [4.78, 5) is 13.8. The Morgan fingerprint density at radius 1 is 1.15 bits per heavy atom. The molecule has 27 heavy (non-hydrogen) atoms. The first-order valence-electron chi connectivity index (χ1n) is 8.47. The molecular weight excluding hydrogens is 388 g/mol. The number of amides is 1. The van der Waals surface area contributed by atoms with E-state index in [9.17, 15) is 13.2 Å². The van der Waals surface area contributed by atoms with Crippen molar-refractivity contribution >= 4 is 27.5 Å². The second-order valence-corrected chi connectivity index (χ2v) is 8.23. The molecule has 0 bridgehead atoms. The Labute approximate surface area is 165 Å². The van der Waals surface area contributed by atoms with E-state index in [1.807, 2.05) is 31.2 Å². The Morgan fingerprint density at radius 2 is 1.81 bits per heavy atom. The summed E-state index contributed by atoms with van der Waals surface area (Å²) in [5.41, 5.74) is 1.03. The highest BCUT2D eigenvalue weighted by atomic mass is 35.5. The van der Waals surface area contributed by atoms with E-state index < -0.39 is 10.0 Å². The number of hydrogen-bond donors (Lipinski definition) is 1. The van der Waals surface area contributed by atoms with Crippen LogP contribution in [-0.2, 0) is 14.8 Å². The summed E-state index contributed by atoms with van der Waals surface area (Å²) in [7, 11) is -2.00. The van der Waals surface area contributed by atoms with Crippen molar-refractivity contribution in [2.75, 3.05) is 26.7 Å². The van der Waals surface area contributed by atoms with Gasteiger partial charge in [-0.15, -0.1) is 0 Å². The molecule has 6 nitrogen and oxygen atoms in total. The second kappa shape index (κ2) is 9.73. The van der Waals surface area contributed by atoms with Crippen molar-refractivity contribution in [3.05, 3.63) is 59.1 Å². The third kappa shape index (κ3) is 6.53. The zero-order valence-electron chi connectivity index (χ0n) is 15.3. The molecule has 0 unspecified atom stereocenters. The van der Waals surface area contributed by atoms with Crippen molar-refractivity contribution in [1.29, 1.82) is 0 Å². The minimum atomic E-state index is -3.66. The number of rotatable bonds is 9. The highest BCUT2D eigenvalue weighted by Gasteiger charge is 2.15. The summed E-state index contributed by atoms with van der Waals surface area (Å²) in [6, 6.07) is 13.5. The van der Waals surface area contributed by atoms with Gasteiger partial charge in [-0.1, -0.05) is 29.8 Å². The van der Waals surface area contributed by atoms with E-state index in [-0.39, 0.29) is 23.8 Å². The van der Waals surface area contributed by atoms with Gasteiger partial charge in [-0.05, 0) is 42.8 Å². The molecule has 0 saturated heterocycles. The van der Waals surface area contributed by atoms with E-state index in [1.165, 1.54) is 29.2 Å². The van der Waals surface area contributed by atoms with Crippen LogP contribution in [0.2, 0.25) is 5.02 Å². The lowest BCUT2D eigenvalue weighted by atomic mass is 10.2. The third-order valence-electron chi connectivity index (χ3n) is 3.96. The lowest BCUT2D eigenvalue weighted by Gasteiger charge is -2.18. The molecule has 1 N–H and O–H groups in total. The second-order valence-electron chi connectivity index (χ2n) is 6.03. The summed E-state index contributed by atoms with van der Waals surface area (Å²) in [5, 5.41) is 0.457. The highest BCUT2D eigenvalue weighted by Crippen LogP contribution is 2.16. The third-order valence-corrected chi connectivity index (χ3v) is 5.69. The lowest BCUT2D eigenvalue weighted by Crippen LogP contribution is -2.34. The molecule has 0 saturated carbocycles. The molecule has 0 spiro atoms. The van der Waals surface area contributed by atoms with E-state index in [0.29, 0.717) is 18.2 Å². The van der Waals surface area contributed by atoms with Crippen molar-refractivity contribution in [3.63, 3.8) is 0 Å². The molecule has 0 aliphatic heterocycles. The zero-order valence-corrected chi connectivity index (χ0v) is 16.9. The van der Waals surface area contributed by atoms with Gasteiger partial charge in [0.1, 0.15) is 12.4 Å². The van der Waals surface area contributed by atoms with E-state index >= 15 is 0 Å². The predicted octanol–water partition coefficient (Wildman–Crippen LogP) is 2.85. The Kier molecular flexibility index (Phi) is 7.65. The maximum absolute atomic E-state index is 12.2. The Balaban J connectivity index is 1.74. The molecule has 0 radical (unpaired) electrons. The van der Waals surface area contributed by atoms with Crippen LogP contribution in [0.4, 0.5) is 0 Å². The highest BCUT2D eigenvalue weighted by molar-refractivity contribution is 7.89. The number of para-hydroxylation sites is 1. The summed E-state index contributed by atoms with van der Waals surface area (Å²) < 4.78 is 32.4. The molecular formula is C19H23ClN2O4S. The molecule has 0 aliphatic rings. The number of halogens is 1. The molecule has 0 heterocycles. The number of likely N-dealkylation sites (N-methyl/N-ethyl adjacent to an activating group) is 1. The monoisotopic (exact) mass is 410 g/mol. The fourth-order valence-corrected chi connectivity index (χ4v) is 3.47. The summed E-state index contributed by atoms with van der Waals surface area (Å²) >= 11 is 5.76. The van der Waals surface area contributed by atoms with Gasteiger partial charge in [-0.3, -0.25) is 4.79 Å². The minimum Gasteiger partial charge on any atom is -0.491 e. The Morgan fingerprint density at radius 3 is 2.48 bits per heavy atom. The van der Waals surface area contributed by atoms with Gasteiger partial charge in [-0.2, -0.15) is 0 Å². The number of aryl methyl sites for hydroxylation is 1. The zero-order chi connectivity index (χ0) is 19.9. The van der Waals surface area contributed by atoms with Gasteiger partial charge in [0.05, 0.1) is 11.4 Å². The largest absolute Gasteiger partial charge is 0.491 e. The normalized spacial score (nSPS) is 11.2. The topological polar surface area (TPSA) is 75.7 Å². The Hall–Kier alpha value is -2.09. The molecule has 2 aromatic carbocycles.